The summed E-state index contributed by atoms with van der Waals surface area (Å²) in [6.07, 6.45) is 4.19. The van der Waals surface area contributed by atoms with Crippen molar-refractivity contribution in [3.8, 4) is 0 Å². The van der Waals surface area contributed by atoms with Gasteiger partial charge in [0.1, 0.15) is 0 Å². The van der Waals surface area contributed by atoms with Crippen molar-refractivity contribution in [3.05, 3.63) is 18.0 Å². The molecule has 0 aromatic carbocycles. The Hall–Kier alpha value is -0.870. The zero-order chi connectivity index (χ0) is 13.2. The Kier molecular flexibility index (Phi) is 7.69. The van der Waals surface area contributed by atoms with E-state index in [2.05, 4.69) is 37.3 Å². The summed E-state index contributed by atoms with van der Waals surface area (Å²) in [5.41, 5.74) is 1.23. The third-order valence-electron chi connectivity index (χ3n) is 2.75. The first-order chi connectivity index (χ1) is 8.74. The first-order valence-electron chi connectivity index (χ1n) is 7.03. The lowest BCUT2D eigenvalue weighted by atomic mass is 10.2. The van der Waals surface area contributed by atoms with Crippen LogP contribution < -0.4 is 5.32 Å². The SMILES string of the molecule is CCCCOCCn1nccc1CNCC(C)C. The molecule has 1 aromatic heterocycles. The second-order valence-electron chi connectivity index (χ2n) is 5.04. The molecule has 0 spiro atoms. The normalized spacial score (nSPS) is 11.3. The van der Waals surface area contributed by atoms with Gasteiger partial charge in [0.05, 0.1) is 18.8 Å². The van der Waals surface area contributed by atoms with Gasteiger partial charge in [0.25, 0.3) is 0 Å². The maximum atomic E-state index is 5.56. The number of rotatable bonds is 10. The molecule has 0 aliphatic carbocycles. The second-order valence-corrected chi connectivity index (χ2v) is 5.04. The van der Waals surface area contributed by atoms with E-state index in [1.54, 1.807) is 0 Å². The minimum absolute atomic E-state index is 0.679. The van der Waals surface area contributed by atoms with E-state index in [9.17, 15) is 0 Å². The van der Waals surface area contributed by atoms with Gasteiger partial charge in [-0.25, -0.2) is 0 Å². The maximum Gasteiger partial charge on any atom is 0.0662 e. The Morgan fingerprint density at radius 2 is 2.22 bits per heavy atom. The van der Waals surface area contributed by atoms with Crippen LogP contribution in [0.2, 0.25) is 0 Å². The van der Waals surface area contributed by atoms with Crippen LogP contribution in [0.4, 0.5) is 0 Å². The average Bonchev–Trinajstić information content (AvgIpc) is 2.76. The minimum atomic E-state index is 0.679. The van der Waals surface area contributed by atoms with E-state index >= 15 is 0 Å². The van der Waals surface area contributed by atoms with E-state index in [4.69, 9.17) is 4.74 Å². The van der Waals surface area contributed by atoms with Crippen LogP contribution in [0.1, 0.15) is 39.3 Å². The second kappa shape index (κ2) is 9.11. The summed E-state index contributed by atoms with van der Waals surface area (Å²) in [5.74, 6) is 0.679. The summed E-state index contributed by atoms with van der Waals surface area (Å²) in [6.45, 7) is 11.0. The molecule has 4 nitrogen and oxygen atoms in total. The van der Waals surface area contributed by atoms with Crippen LogP contribution in [-0.4, -0.2) is 29.5 Å². The summed E-state index contributed by atoms with van der Waals surface area (Å²) in [5, 5.41) is 7.77. The van der Waals surface area contributed by atoms with Gasteiger partial charge in [-0.05, 0) is 24.9 Å². The summed E-state index contributed by atoms with van der Waals surface area (Å²) < 4.78 is 7.59. The predicted molar refractivity (Wildman–Crippen MR) is 74.5 cm³/mol. The third-order valence-corrected chi connectivity index (χ3v) is 2.75. The molecule has 1 heterocycles. The highest BCUT2D eigenvalue weighted by molar-refractivity contribution is 4.99. The molecule has 0 saturated carbocycles. The van der Waals surface area contributed by atoms with Gasteiger partial charge in [-0.3, -0.25) is 4.68 Å². The van der Waals surface area contributed by atoms with Gasteiger partial charge in [0.15, 0.2) is 0 Å². The van der Waals surface area contributed by atoms with Crippen LogP contribution in [0.5, 0.6) is 0 Å². The predicted octanol–water partition coefficient (Wildman–Crippen LogP) is 2.45. The van der Waals surface area contributed by atoms with E-state index < -0.39 is 0 Å². The standard InChI is InChI=1S/C14H27N3O/c1-4-5-9-18-10-8-17-14(6-7-16-17)12-15-11-13(2)3/h6-7,13,15H,4-5,8-12H2,1-3H3. The molecular formula is C14H27N3O. The van der Waals surface area contributed by atoms with Crippen molar-refractivity contribution in [2.24, 2.45) is 5.92 Å². The third kappa shape index (κ3) is 6.17. The lowest BCUT2D eigenvalue weighted by molar-refractivity contribution is 0.120. The molecule has 18 heavy (non-hydrogen) atoms. The van der Waals surface area contributed by atoms with Crippen molar-refractivity contribution in [3.63, 3.8) is 0 Å². The van der Waals surface area contributed by atoms with Crippen LogP contribution in [-0.2, 0) is 17.8 Å². The van der Waals surface area contributed by atoms with Crippen molar-refractivity contribution in [2.45, 2.75) is 46.7 Å². The highest BCUT2D eigenvalue weighted by Gasteiger charge is 2.02. The van der Waals surface area contributed by atoms with E-state index in [0.717, 1.165) is 39.3 Å². The molecule has 104 valence electrons. The minimum Gasteiger partial charge on any atom is -0.380 e. The number of nitrogens with one attached hydrogen (secondary N) is 1. The lowest BCUT2D eigenvalue weighted by Gasteiger charge is -2.10. The molecule has 1 N–H and O–H groups in total. The quantitative estimate of drug-likeness (QED) is 0.651. The summed E-state index contributed by atoms with van der Waals surface area (Å²) in [6, 6.07) is 2.07. The van der Waals surface area contributed by atoms with Gasteiger partial charge in [-0.1, -0.05) is 27.2 Å². The molecule has 0 atom stereocenters. The Morgan fingerprint density at radius 3 is 2.94 bits per heavy atom. The summed E-state index contributed by atoms with van der Waals surface area (Å²) in [4.78, 5) is 0. The van der Waals surface area contributed by atoms with Crippen LogP contribution in [0, 0.1) is 5.92 Å². The highest BCUT2D eigenvalue weighted by atomic mass is 16.5. The zero-order valence-corrected chi connectivity index (χ0v) is 12.0. The number of unbranched alkanes of at least 4 members (excludes halogenated alkanes) is 1. The molecule has 0 fully saturated rings. The maximum absolute atomic E-state index is 5.56. The van der Waals surface area contributed by atoms with Gasteiger partial charge in [-0.15, -0.1) is 0 Å². The van der Waals surface area contributed by atoms with Crippen LogP contribution in [0.15, 0.2) is 12.3 Å². The topological polar surface area (TPSA) is 39.1 Å². The molecule has 1 rings (SSSR count). The Balaban J connectivity index is 2.22. The van der Waals surface area contributed by atoms with Crippen molar-refractivity contribution < 1.29 is 4.74 Å². The summed E-state index contributed by atoms with van der Waals surface area (Å²) in [7, 11) is 0. The molecule has 0 radical (unpaired) electrons. The molecule has 0 bridgehead atoms. The van der Waals surface area contributed by atoms with Crippen LogP contribution in [0.3, 0.4) is 0 Å². The number of hydrogen-bond donors (Lipinski definition) is 1. The van der Waals surface area contributed by atoms with Gasteiger partial charge in [-0.2, -0.15) is 5.10 Å². The van der Waals surface area contributed by atoms with Gasteiger partial charge in [0.2, 0.25) is 0 Å². The Morgan fingerprint density at radius 1 is 1.39 bits per heavy atom. The van der Waals surface area contributed by atoms with Crippen LogP contribution in [0.25, 0.3) is 0 Å². The fourth-order valence-electron chi connectivity index (χ4n) is 1.70. The number of hydrogen-bond acceptors (Lipinski definition) is 3. The largest absolute Gasteiger partial charge is 0.380 e. The number of aromatic nitrogens is 2. The van der Waals surface area contributed by atoms with Gasteiger partial charge < -0.3 is 10.1 Å². The molecule has 0 unspecified atom stereocenters. The van der Waals surface area contributed by atoms with Gasteiger partial charge >= 0.3 is 0 Å². The van der Waals surface area contributed by atoms with Crippen molar-refractivity contribution in [2.75, 3.05) is 19.8 Å². The Labute approximate surface area is 111 Å². The van der Waals surface area contributed by atoms with Crippen molar-refractivity contribution >= 4 is 0 Å². The monoisotopic (exact) mass is 253 g/mol. The molecular weight excluding hydrogens is 226 g/mol. The van der Waals surface area contributed by atoms with Crippen molar-refractivity contribution in [1.82, 2.24) is 15.1 Å². The van der Waals surface area contributed by atoms with E-state index in [1.807, 2.05) is 10.9 Å². The average molecular weight is 253 g/mol. The Bertz CT molecular complexity index is 310. The smallest absolute Gasteiger partial charge is 0.0662 e. The first-order valence-corrected chi connectivity index (χ1v) is 7.03. The van der Waals surface area contributed by atoms with Gasteiger partial charge in [0, 0.05) is 19.3 Å². The van der Waals surface area contributed by atoms with Crippen molar-refractivity contribution in [1.29, 1.82) is 0 Å². The fraction of sp³-hybridized carbons (Fsp3) is 0.786. The zero-order valence-electron chi connectivity index (χ0n) is 12.0. The lowest BCUT2D eigenvalue weighted by Crippen LogP contribution is -2.22. The number of ether oxygens (including phenoxy) is 1. The highest BCUT2D eigenvalue weighted by Crippen LogP contribution is 2.00. The molecule has 0 aliphatic heterocycles. The molecule has 4 heteroatoms. The molecule has 1 aromatic rings. The first kappa shape index (κ1) is 15.2. The van der Waals surface area contributed by atoms with E-state index in [0.29, 0.717) is 5.92 Å². The van der Waals surface area contributed by atoms with Crippen LogP contribution >= 0.6 is 0 Å². The summed E-state index contributed by atoms with van der Waals surface area (Å²) >= 11 is 0. The number of nitrogens with zero attached hydrogens (tertiary/aromatic N) is 2. The molecule has 0 saturated heterocycles. The van der Waals surface area contributed by atoms with E-state index in [1.165, 1.54) is 12.1 Å². The molecule has 0 amide bonds. The van der Waals surface area contributed by atoms with E-state index in [-0.39, 0.29) is 0 Å². The molecule has 0 aliphatic rings. The fourth-order valence-corrected chi connectivity index (χ4v) is 1.70.